The standard InChI is InChI=1S/C22H27N5O/c1-17-9-11-18(12-10-17)21(26(2)3)15-23-22(28)25-20-8-5-4-7-19(20)16-27-14-6-13-24-27/h4-14,21H,15-16H2,1-3H3,(H2,23,25,28)/t21-/m1/s1. The van der Waals surface area contributed by atoms with Gasteiger partial charge in [-0.2, -0.15) is 5.10 Å². The Labute approximate surface area is 166 Å². The molecule has 0 bridgehead atoms. The van der Waals surface area contributed by atoms with Gasteiger partial charge in [-0.25, -0.2) is 4.79 Å². The van der Waals surface area contributed by atoms with E-state index in [1.807, 2.05) is 55.3 Å². The fourth-order valence-electron chi connectivity index (χ4n) is 3.09. The first kappa shape index (κ1) is 19.6. The molecule has 6 heteroatoms. The zero-order valence-corrected chi connectivity index (χ0v) is 16.6. The van der Waals surface area contributed by atoms with Gasteiger partial charge in [-0.15, -0.1) is 0 Å². The van der Waals surface area contributed by atoms with Gasteiger partial charge < -0.3 is 15.5 Å². The van der Waals surface area contributed by atoms with Crippen LogP contribution in [0.1, 0.15) is 22.7 Å². The van der Waals surface area contributed by atoms with Crippen molar-refractivity contribution >= 4 is 11.7 Å². The van der Waals surface area contributed by atoms with E-state index in [1.54, 1.807) is 6.20 Å². The summed E-state index contributed by atoms with van der Waals surface area (Å²) >= 11 is 0. The summed E-state index contributed by atoms with van der Waals surface area (Å²) in [6.45, 7) is 3.19. The second kappa shape index (κ2) is 9.19. The van der Waals surface area contributed by atoms with Crippen LogP contribution in [0.3, 0.4) is 0 Å². The van der Waals surface area contributed by atoms with Gasteiger partial charge in [0.25, 0.3) is 0 Å². The van der Waals surface area contributed by atoms with E-state index in [2.05, 4.69) is 51.8 Å². The summed E-state index contributed by atoms with van der Waals surface area (Å²) in [6, 6.07) is 18.0. The van der Waals surface area contributed by atoms with Gasteiger partial charge in [0.2, 0.25) is 0 Å². The van der Waals surface area contributed by atoms with Gasteiger partial charge in [-0.3, -0.25) is 4.68 Å². The summed E-state index contributed by atoms with van der Waals surface area (Å²) in [5.41, 5.74) is 4.19. The number of nitrogens with one attached hydrogen (secondary N) is 2. The average molecular weight is 377 g/mol. The molecule has 2 aromatic carbocycles. The predicted molar refractivity (Wildman–Crippen MR) is 112 cm³/mol. The lowest BCUT2D eigenvalue weighted by Crippen LogP contribution is -2.37. The van der Waals surface area contributed by atoms with E-state index in [0.29, 0.717) is 13.1 Å². The third-order valence-electron chi connectivity index (χ3n) is 4.70. The van der Waals surface area contributed by atoms with Gasteiger partial charge in [0.15, 0.2) is 0 Å². The molecular formula is C22H27N5O. The largest absolute Gasteiger partial charge is 0.336 e. The van der Waals surface area contributed by atoms with Crippen LogP contribution in [0.4, 0.5) is 10.5 Å². The number of benzene rings is 2. The topological polar surface area (TPSA) is 62.2 Å². The summed E-state index contributed by atoms with van der Waals surface area (Å²) in [6.07, 6.45) is 3.65. The predicted octanol–water partition coefficient (Wildman–Crippen LogP) is 3.66. The first-order valence-electron chi connectivity index (χ1n) is 9.36. The minimum absolute atomic E-state index is 0.102. The number of hydrogen-bond donors (Lipinski definition) is 2. The van der Waals surface area contributed by atoms with Crippen molar-refractivity contribution in [3.63, 3.8) is 0 Å². The van der Waals surface area contributed by atoms with Gasteiger partial charge in [-0.05, 0) is 44.3 Å². The highest BCUT2D eigenvalue weighted by atomic mass is 16.2. The maximum atomic E-state index is 12.5. The van der Waals surface area contributed by atoms with E-state index < -0.39 is 0 Å². The van der Waals surface area contributed by atoms with Crippen LogP contribution in [0, 0.1) is 6.92 Å². The van der Waals surface area contributed by atoms with Crippen molar-refractivity contribution in [2.75, 3.05) is 26.0 Å². The lowest BCUT2D eigenvalue weighted by molar-refractivity contribution is 0.243. The number of aryl methyl sites for hydroxylation is 1. The fourth-order valence-corrected chi connectivity index (χ4v) is 3.09. The quantitative estimate of drug-likeness (QED) is 0.660. The molecule has 1 heterocycles. The summed E-state index contributed by atoms with van der Waals surface area (Å²) in [4.78, 5) is 14.6. The molecule has 0 aliphatic carbocycles. The number of likely N-dealkylation sites (N-methyl/N-ethyl adjacent to an activating group) is 1. The molecule has 3 rings (SSSR count). The van der Waals surface area contributed by atoms with Crippen molar-refractivity contribution in [1.29, 1.82) is 0 Å². The molecule has 0 aliphatic rings. The molecule has 0 unspecified atom stereocenters. The molecule has 2 amide bonds. The van der Waals surface area contributed by atoms with E-state index in [0.717, 1.165) is 11.3 Å². The number of carbonyl (C=O) groups is 1. The first-order valence-corrected chi connectivity index (χ1v) is 9.36. The van der Waals surface area contributed by atoms with Crippen molar-refractivity contribution in [1.82, 2.24) is 20.0 Å². The number of aromatic nitrogens is 2. The zero-order valence-electron chi connectivity index (χ0n) is 16.6. The molecule has 3 aromatic rings. The zero-order chi connectivity index (χ0) is 19.9. The highest BCUT2D eigenvalue weighted by Gasteiger charge is 2.15. The second-order valence-electron chi connectivity index (χ2n) is 7.09. The van der Waals surface area contributed by atoms with E-state index in [9.17, 15) is 4.79 Å². The molecule has 6 nitrogen and oxygen atoms in total. The lowest BCUT2D eigenvalue weighted by Gasteiger charge is -2.25. The van der Waals surface area contributed by atoms with Gasteiger partial charge in [0.05, 0.1) is 12.6 Å². The maximum Gasteiger partial charge on any atom is 0.319 e. The van der Waals surface area contributed by atoms with Crippen molar-refractivity contribution in [3.8, 4) is 0 Å². The smallest absolute Gasteiger partial charge is 0.319 e. The Bertz CT molecular complexity index is 888. The van der Waals surface area contributed by atoms with Gasteiger partial charge in [0.1, 0.15) is 0 Å². The Morgan fingerprint density at radius 3 is 2.54 bits per heavy atom. The normalized spacial score (nSPS) is 12.0. The van der Waals surface area contributed by atoms with Crippen molar-refractivity contribution < 1.29 is 4.79 Å². The molecule has 1 aromatic heterocycles. The first-order chi connectivity index (χ1) is 13.5. The number of nitrogens with zero attached hydrogens (tertiary/aromatic N) is 3. The van der Waals surface area contributed by atoms with Crippen LogP contribution >= 0.6 is 0 Å². The Hall–Kier alpha value is -3.12. The third-order valence-corrected chi connectivity index (χ3v) is 4.70. The van der Waals surface area contributed by atoms with Crippen LogP contribution in [0.2, 0.25) is 0 Å². The van der Waals surface area contributed by atoms with Crippen molar-refractivity contribution in [2.24, 2.45) is 0 Å². The Morgan fingerprint density at radius 1 is 1.11 bits per heavy atom. The fraction of sp³-hybridized carbons (Fsp3) is 0.273. The SMILES string of the molecule is Cc1ccc([C@@H](CNC(=O)Nc2ccccc2Cn2cccn2)N(C)C)cc1. The minimum atomic E-state index is -0.216. The lowest BCUT2D eigenvalue weighted by atomic mass is 10.0. The van der Waals surface area contributed by atoms with Crippen LogP contribution in [0.5, 0.6) is 0 Å². The maximum absolute atomic E-state index is 12.5. The van der Waals surface area contributed by atoms with Crippen LogP contribution in [0.25, 0.3) is 0 Å². The highest BCUT2D eigenvalue weighted by molar-refractivity contribution is 5.90. The molecule has 0 aliphatic heterocycles. The van der Waals surface area contributed by atoms with Gasteiger partial charge in [0, 0.05) is 24.6 Å². The van der Waals surface area contributed by atoms with Gasteiger partial charge >= 0.3 is 6.03 Å². The summed E-state index contributed by atoms with van der Waals surface area (Å²) < 4.78 is 1.83. The average Bonchev–Trinajstić information content (AvgIpc) is 3.18. The number of rotatable bonds is 7. The van der Waals surface area contributed by atoms with Crippen LogP contribution < -0.4 is 10.6 Å². The van der Waals surface area contributed by atoms with Crippen molar-refractivity contribution in [3.05, 3.63) is 83.7 Å². The highest BCUT2D eigenvalue weighted by Crippen LogP contribution is 2.19. The molecule has 146 valence electrons. The molecule has 28 heavy (non-hydrogen) atoms. The number of para-hydroxylation sites is 1. The third kappa shape index (κ3) is 5.20. The van der Waals surface area contributed by atoms with Crippen LogP contribution in [-0.4, -0.2) is 41.4 Å². The molecule has 0 radical (unpaired) electrons. The molecular weight excluding hydrogens is 350 g/mol. The molecule has 2 N–H and O–H groups in total. The second-order valence-corrected chi connectivity index (χ2v) is 7.09. The van der Waals surface area contributed by atoms with E-state index in [4.69, 9.17) is 0 Å². The molecule has 0 saturated carbocycles. The Balaban J connectivity index is 1.63. The molecule has 0 fully saturated rings. The number of urea groups is 1. The minimum Gasteiger partial charge on any atom is -0.336 e. The van der Waals surface area contributed by atoms with E-state index in [-0.39, 0.29) is 12.1 Å². The summed E-state index contributed by atoms with van der Waals surface area (Å²) in [5.74, 6) is 0. The molecule has 0 saturated heterocycles. The summed E-state index contributed by atoms with van der Waals surface area (Å²) in [7, 11) is 4.03. The van der Waals surface area contributed by atoms with Crippen LogP contribution in [-0.2, 0) is 6.54 Å². The number of amides is 2. The number of hydrogen-bond acceptors (Lipinski definition) is 3. The Morgan fingerprint density at radius 2 is 1.86 bits per heavy atom. The molecule has 1 atom stereocenters. The molecule has 0 spiro atoms. The van der Waals surface area contributed by atoms with Gasteiger partial charge in [-0.1, -0.05) is 48.0 Å². The van der Waals surface area contributed by atoms with Crippen LogP contribution in [0.15, 0.2) is 67.0 Å². The summed E-state index contributed by atoms with van der Waals surface area (Å²) in [5, 5.41) is 10.2. The number of anilines is 1. The van der Waals surface area contributed by atoms with E-state index >= 15 is 0 Å². The number of carbonyl (C=O) groups excluding carboxylic acids is 1. The van der Waals surface area contributed by atoms with Crippen molar-refractivity contribution in [2.45, 2.75) is 19.5 Å². The van der Waals surface area contributed by atoms with E-state index in [1.165, 1.54) is 11.1 Å². The Kier molecular flexibility index (Phi) is 6.45. The monoisotopic (exact) mass is 377 g/mol.